The molecule has 0 bridgehead atoms. The maximum Gasteiger partial charge on any atom is 0.224 e. The number of carbonyl (C=O) groups excluding carboxylic acids is 1. The lowest BCUT2D eigenvalue weighted by Gasteiger charge is -2.12. The van der Waals surface area contributed by atoms with E-state index in [1.807, 2.05) is 49.8 Å². The van der Waals surface area contributed by atoms with Gasteiger partial charge >= 0.3 is 0 Å². The van der Waals surface area contributed by atoms with Crippen LogP contribution in [0.3, 0.4) is 0 Å². The minimum absolute atomic E-state index is 0.0198. The molecule has 0 spiro atoms. The minimum atomic E-state index is 0.0198. The number of anilines is 2. The Morgan fingerprint density at radius 1 is 1.35 bits per heavy atom. The van der Waals surface area contributed by atoms with Crippen molar-refractivity contribution in [3.05, 3.63) is 41.7 Å². The van der Waals surface area contributed by atoms with Gasteiger partial charge in [-0.3, -0.25) is 9.48 Å². The number of hydrogen-bond donors (Lipinski definition) is 2. The van der Waals surface area contributed by atoms with Gasteiger partial charge in [-0.2, -0.15) is 5.10 Å². The third-order valence-corrected chi connectivity index (χ3v) is 3.22. The number of benzene rings is 1. The predicted octanol–water partition coefficient (Wildman–Crippen LogP) is 2.69. The van der Waals surface area contributed by atoms with Gasteiger partial charge in [0.2, 0.25) is 5.91 Å². The van der Waals surface area contributed by atoms with Crippen LogP contribution in [0.2, 0.25) is 0 Å². The van der Waals surface area contributed by atoms with Crippen molar-refractivity contribution in [1.29, 1.82) is 0 Å². The van der Waals surface area contributed by atoms with Gasteiger partial charge in [-0.25, -0.2) is 0 Å². The topological polar surface area (TPSA) is 59.0 Å². The molecule has 0 aliphatic carbocycles. The van der Waals surface area contributed by atoms with Crippen LogP contribution in [0.5, 0.6) is 0 Å². The van der Waals surface area contributed by atoms with E-state index in [1.165, 1.54) is 0 Å². The average molecular weight is 272 g/mol. The van der Waals surface area contributed by atoms with E-state index in [0.29, 0.717) is 13.0 Å². The molecule has 0 radical (unpaired) electrons. The Hall–Kier alpha value is -2.30. The van der Waals surface area contributed by atoms with Crippen LogP contribution < -0.4 is 10.6 Å². The molecule has 106 valence electrons. The number of amides is 1. The summed E-state index contributed by atoms with van der Waals surface area (Å²) in [6, 6.07) is 7.85. The third-order valence-electron chi connectivity index (χ3n) is 3.22. The van der Waals surface area contributed by atoms with Gasteiger partial charge < -0.3 is 10.6 Å². The zero-order chi connectivity index (χ0) is 14.5. The van der Waals surface area contributed by atoms with Crippen LogP contribution in [0.4, 0.5) is 11.4 Å². The fourth-order valence-electron chi connectivity index (χ4n) is 1.90. The summed E-state index contributed by atoms with van der Waals surface area (Å²) in [5.74, 6) is 0.0198. The maximum atomic E-state index is 11.4. The van der Waals surface area contributed by atoms with Crippen LogP contribution in [0.15, 0.2) is 30.5 Å². The van der Waals surface area contributed by atoms with Crippen molar-refractivity contribution in [2.24, 2.45) is 7.05 Å². The average Bonchev–Trinajstić information content (AvgIpc) is 2.84. The fraction of sp³-hybridized carbons (Fsp3) is 0.333. The molecule has 1 amide bonds. The molecule has 0 atom stereocenters. The largest absolute Gasteiger partial charge is 0.379 e. The molecular formula is C15H20N4O. The summed E-state index contributed by atoms with van der Waals surface area (Å²) in [6.45, 7) is 4.57. The second kappa shape index (κ2) is 6.23. The predicted molar refractivity (Wildman–Crippen MR) is 80.6 cm³/mol. The van der Waals surface area contributed by atoms with Gasteiger partial charge in [-0.15, -0.1) is 0 Å². The third kappa shape index (κ3) is 3.38. The van der Waals surface area contributed by atoms with E-state index in [1.54, 1.807) is 6.20 Å². The summed E-state index contributed by atoms with van der Waals surface area (Å²) in [5, 5.41) is 10.4. The fourth-order valence-corrected chi connectivity index (χ4v) is 1.90. The van der Waals surface area contributed by atoms with Crippen LogP contribution >= 0.6 is 0 Å². The lowest BCUT2D eigenvalue weighted by atomic mass is 10.1. The quantitative estimate of drug-likeness (QED) is 0.879. The molecule has 0 unspecified atom stereocenters. The number of nitrogens with zero attached hydrogens (tertiary/aromatic N) is 2. The highest BCUT2D eigenvalue weighted by Gasteiger charge is 2.04. The molecule has 5 heteroatoms. The number of carbonyl (C=O) groups is 1. The van der Waals surface area contributed by atoms with Gasteiger partial charge in [0.05, 0.1) is 12.2 Å². The van der Waals surface area contributed by atoms with Crippen molar-refractivity contribution in [3.63, 3.8) is 0 Å². The molecular weight excluding hydrogens is 252 g/mol. The standard InChI is InChI=1S/C15H20N4O/c1-4-15(20)18-12-6-5-11(2)14(9-12)16-10-13-7-8-17-19(13)3/h5-9,16H,4,10H2,1-3H3,(H,18,20). The Kier molecular flexibility index (Phi) is 4.40. The van der Waals surface area contributed by atoms with Gasteiger partial charge in [-0.05, 0) is 30.7 Å². The Morgan fingerprint density at radius 2 is 2.15 bits per heavy atom. The molecule has 1 aromatic carbocycles. The summed E-state index contributed by atoms with van der Waals surface area (Å²) in [5.41, 5.74) is 4.07. The summed E-state index contributed by atoms with van der Waals surface area (Å²) < 4.78 is 1.84. The van der Waals surface area contributed by atoms with Gasteiger partial charge in [0.25, 0.3) is 0 Å². The first-order valence-corrected chi connectivity index (χ1v) is 6.71. The minimum Gasteiger partial charge on any atom is -0.379 e. The van der Waals surface area contributed by atoms with E-state index in [2.05, 4.69) is 15.7 Å². The Bertz CT molecular complexity index is 604. The van der Waals surface area contributed by atoms with Crippen molar-refractivity contribution in [1.82, 2.24) is 9.78 Å². The molecule has 2 rings (SSSR count). The summed E-state index contributed by atoms with van der Waals surface area (Å²) in [4.78, 5) is 11.4. The second-order valence-electron chi connectivity index (χ2n) is 4.73. The number of hydrogen-bond acceptors (Lipinski definition) is 3. The lowest BCUT2D eigenvalue weighted by Crippen LogP contribution is -2.10. The Morgan fingerprint density at radius 3 is 2.80 bits per heavy atom. The molecule has 1 aromatic heterocycles. The molecule has 2 aromatic rings. The van der Waals surface area contributed by atoms with E-state index < -0.39 is 0 Å². The summed E-state index contributed by atoms with van der Waals surface area (Å²) in [7, 11) is 1.92. The first kappa shape index (κ1) is 14.1. The smallest absolute Gasteiger partial charge is 0.224 e. The molecule has 0 saturated carbocycles. The van der Waals surface area contributed by atoms with E-state index in [-0.39, 0.29) is 5.91 Å². The van der Waals surface area contributed by atoms with Crippen LogP contribution in [-0.2, 0) is 18.4 Å². The molecule has 0 aliphatic rings. The second-order valence-corrected chi connectivity index (χ2v) is 4.73. The van der Waals surface area contributed by atoms with Gasteiger partial charge in [0.15, 0.2) is 0 Å². The first-order valence-electron chi connectivity index (χ1n) is 6.71. The van der Waals surface area contributed by atoms with Gasteiger partial charge in [0.1, 0.15) is 0 Å². The van der Waals surface area contributed by atoms with Crippen molar-refractivity contribution >= 4 is 17.3 Å². The van der Waals surface area contributed by atoms with Crippen molar-refractivity contribution in [2.45, 2.75) is 26.8 Å². The monoisotopic (exact) mass is 272 g/mol. The highest BCUT2D eigenvalue weighted by Crippen LogP contribution is 2.21. The number of rotatable bonds is 5. The zero-order valence-electron chi connectivity index (χ0n) is 12.1. The molecule has 20 heavy (non-hydrogen) atoms. The number of aromatic nitrogens is 2. The molecule has 0 fully saturated rings. The molecule has 0 saturated heterocycles. The first-order chi connectivity index (χ1) is 9.60. The maximum absolute atomic E-state index is 11.4. The highest BCUT2D eigenvalue weighted by atomic mass is 16.1. The van der Waals surface area contributed by atoms with Crippen LogP contribution in [0, 0.1) is 6.92 Å². The van der Waals surface area contributed by atoms with E-state index in [0.717, 1.165) is 22.6 Å². The van der Waals surface area contributed by atoms with Gasteiger partial charge in [0, 0.05) is 31.0 Å². The van der Waals surface area contributed by atoms with Crippen LogP contribution in [0.25, 0.3) is 0 Å². The zero-order valence-corrected chi connectivity index (χ0v) is 12.1. The number of aryl methyl sites for hydroxylation is 2. The highest BCUT2D eigenvalue weighted by molar-refractivity contribution is 5.91. The van der Waals surface area contributed by atoms with Crippen molar-refractivity contribution in [3.8, 4) is 0 Å². The Labute approximate surface area is 119 Å². The Balaban J connectivity index is 2.08. The van der Waals surface area contributed by atoms with Crippen molar-refractivity contribution in [2.75, 3.05) is 10.6 Å². The van der Waals surface area contributed by atoms with E-state index >= 15 is 0 Å². The summed E-state index contributed by atoms with van der Waals surface area (Å²) >= 11 is 0. The normalized spacial score (nSPS) is 10.3. The van der Waals surface area contributed by atoms with Crippen molar-refractivity contribution < 1.29 is 4.79 Å². The summed E-state index contributed by atoms with van der Waals surface area (Å²) in [6.07, 6.45) is 2.26. The molecule has 5 nitrogen and oxygen atoms in total. The molecule has 0 aliphatic heterocycles. The van der Waals surface area contributed by atoms with E-state index in [9.17, 15) is 4.79 Å². The van der Waals surface area contributed by atoms with Crippen LogP contribution in [-0.4, -0.2) is 15.7 Å². The molecule has 2 N–H and O–H groups in total. The molecule has 1 heterocycles. The van der Waals surface area contributed by atoms with Gasteiger partial charge in [-0.1, -0.05) is 13.0 Å². The van der Waals surface area contributed by atoms with Crippen LogP contribution in [0.1, 0.15) is 24.6 Å². The lowest BCUT2D eigenvalue weighted by molar-refractivity contribution is -0.115. The SMILES string of the molecule is CCC(=O)Nc1ccc(C)c(NCc2ccnn2C)c1. The number of nitrogens with one attached hydrogen (secondary N) is 2. The van der Waals surface area contributed by atoms with E-state index in [4.69, 9.17) is 0 Å².